The third kappa shape index (κ3) is 6.14. The second-order valence-corrected chi connectivity index (χ2v) is 21.7. The molecule has 0 spiro atoms. The molecule has 6 heteroatoms. The Morgan fingerprint density at radius 1 is 0.303 bits per heavy atom. The summed E-state index contributed by atoms with van der Waals surface area (Å²) in [5.41, 5.74) is 11.0. The summed E-state index contributed by atoms with van der Waals surface area (Å²) in [4.78, 5) is 7.19. The Labute approximate surface area is 389 Å². The van der Waals surface area contributed by atoms with Crippen LogP contribution in [0.5, 0.6) is 23.0 Å². The number of para-hydroxylation sites is 8. The van der Waals surface area contributed by atoms with E-state index in [1.54, 1.807) is 0 Å². The largest absolute Gasteiger partial charge is 0.453 e. The first-order valence-electron chi connectivity index (χ1n) is 22.3. The van der Waals surface area contributed by atoms with E-state index >= 15 is 0 Å². The third-order valence-electron chi connectivity index (χ3n) is 13.2. The molecule has 0 N–H and O–H groups in total. The first kappa shape index (κ1) is 38.4. The van der Waals surface area contributed by atoms with Gasteiger partial charge in [-0.15, -0.1) is 0 Å². The summed E-state index contributed by atoms with van der Waals surface area (Å²) < 4.78 is 12.6. The van der Waals surface area contributed by atoms with E-state index in [1.165, 1.54) is 52.8 Å². The van der Waals surface area contributed by atoms with Crippen LogP contribution in [0.1, 0.15) is 0 Å². The molecule has 10 aromatic rings. The van der Waals surface area contributed by atoms with Crippen molar-refractivity contribution in [2.45, 2.75) is 9.79 Å². The first-order chi connectivity index (χ1) is 32.7. The van der Waals surface area contributed by atoms with Crippen molar-refractivity contribution in [1.29, 1.82) is 0 Å². The fourth-order valence-corrected chi connectivity index (χ4v) is 17.2. The Hall–Kier alpha value is -8.03. The number of ether oxygens (including phenoxy) is 2. The smallest absolute Gasteiger partial charge is 0.151 e. The molecule has 66 heavy (non-hydrogen) atoms. The lowest BCUT2D eigenvalue weighted by molar-refractivity contribution is 0.477. The SMILES string of the molecule is c1ccc([Si-]2(c3ccccc3)c3ccc(-c4ccc(N5c6ccccc6Oc6ccccc65)cc4)cc3Sc3cc(-c4ccc(N5c6ccccc6Oc6ccccc65)cc4)ccc32)cc1. The van der Waals surface area contributed by atoms with Gasteiger partial charge in [0.1, 0.15) is 0 Å². The number of fused-ring (bicyclic) bond motifs is 6. The Balaban J connectivity index is 0.909. The lowest BCUT2D eigenvalue weighted by atomic mass is 10.0. The van der Waals surface area contributed by atoms with Crippen LogP contribution in [-0.2, 0) is 0 Å². The normalized spacial score (nSPS) is 13.7. The molecule has 3 heterocycles. The van der Waals surface area contributed by atoms with Crippen molar-refractivity contribution in [2.24, 2.45) is 0 Å². The maximum atomic E-state index is 6.32. The van der Waals surface area contributed by atoms with Crippen molar-refractivity contribution in [3.05, 3.63) is 243 Å². The molecule has 0 fully saturated rings. The molecule has 313 valence electrons. The van der Waals surface area contributed by atoms with Gasteiger partial charge in [-0.3, -0.25) is 0 Å². The third-order valence-corrected chi connectivity index (χ3v) is 19.6. The lowest BCUT2D eigenvalue weighted by Crippen LogP contribution is -2.76. The molecule has 0 aromatic heterocycles. The van der Waals surface area contributed by atoms with Gasteiger partial charge in [-0.1, -0.05) is 169 Å². The number of benzene rings is 10. The quantitative estimate of drug-likeness (QED) is 0.155. The minimum Gasteiger partial charge on any atom is -0.453 e. The van der Waals surface area contributed by atoms with Gasteiger partial charge in [-0.25, -0.2) is 0 Å². The molecule has 0 aliphatic carbocycles. The molecule has 0 saturated heterocycles. The highest BCUT2D eigenvalue weighted by atomic mass is 32.2. The van der Waals surface area contributed by atoms with E-state index in [4.69, 9.17) is 9.47 Å². The molecule has 0 unspecified atom stereocenters. The maximum Gasteiger partial charge on any atom is 0.151 e. The minimum absolute atomic E-state index is 0.849. The van der Waals surface area contributed by atoms with Crippen molar-refractivity contribution in [2.75, 3.05) is 9.80 Å². The standard InChI is InChI=1S/C60H40N2O2SSi/c1-3-15-47(16-4-1)66(48-17-5-2-6-18-48)59-37-31-43(41-27-33-45(34-28-41)61-49-19-7-11-23-53(49)63-54-24-12-8-20-50(54)61)39-57(59)65-58-40-44(32-38-60(58)66)42-29-35-46(36-30-42)62-51-21-9-13-25-55(51)64-56-26-14-10-22-52(56)62/h1-40H/q-1. The molecule has 13 rings (SSSR count). The molecule has 3 aliphatic heterocycles. The summed E-state index contributed by atoms with van der Waals surface area (Å²) in [6.07, 6.45) is 0. The average Bonchev–Trinajstić information content (AvgIpc) is 3.39. The summed E-state index contributed by atoms with van der Waals surface area (Å²) in [7, 11) is -2.78. The van der Waals surface area contributed by atoms with E-state index in [0.29, 0.717) is 0 Å². The van der Waals surface area contributed by atoms with Gasteiger partial charge in [0.05, 0.1) is 22.7 Å². The Kier molecular flexibility index (Phi) is 9.08. The van der Waals surface area contributed by atoms with E-state index in [1.807, 2.05) is 60.3 Å². The fourth-order valence-electron chi connectivity index (χ4n) is 10.2. The predicted octanol–water partition coefficient (Wildman–Crippen LogP) is 14.0. The van der Waals surface area contributed by atoms with Crippen LogP contribution in [-0.4, -0.2) is 8.07 Å². The molecule has 0 amide bonds. The summed E-state index contributed by atoms with van der Waals surface area (Å²) in [5.74, 6) is 3.40. The summed E-state index contributed by atoms with van der Waals surface area (Å²) in [5, 5.41) is 5.60. The van der Waals surface area contributed by atoms with Crippen LogP contribution in [0.3, 0.4) is 0 Å². The molecule has 10 aromatic carbocycles. The Bertz CT molecular complexity index is 3150. The van der Waals surface area contributed by atoms with E-state index < -0.39 is 8.07 Å². The van der Waals surface area contributed by atoms with E-state index in [2.05, 4.69) is 204 Å². The number of hydrogen-bond acceptors (Lipinski definition) is 5. The summed E-state index contributed by atoms with van der Waals surface area (Å²) >= 11 is 1.90. The van der Waals surface area contributed by atoms with Gasteiger partial charge in [-0.2, -0.15) is 20.7 Å². The number of hydrogen-bond donors (Lipinski definition) is 0. The Morgan fingerprint density at radius 3 is 0.985 bits per heavy atom. The Morgan fingerprint density at radius 2 is 0.621 bits per heavy atom. The zero-order valence-electron chi connectivity index (χ0n) is 35.7. The zero-order valence-corrected chi connectivity index (χ0v) is 37.5. The van der Waals surface area contributed by atoms with E-state index in [9.17, 15) is 0 Å². The van der Waals surface area contributed by atoms with Crippen LogP contribution in [0.15, 0.2) is 252 Å². The topological polar surface area (TPSA) is 24.9 Å². The molecule has 4 nitrogen and oxygen atoms in total. The van der Waals surface area contributed by atoms with Crippen molar-refractivity contribution in [3.63, 3.8) is 0 Å². The van der Waals surface area contributed by atoms with Gasteiger partial charge < -0.3 is 19.3 Å². The van der Waals surface area contributed by atoms with Crippen LogP contribution < -0.4 is 40.0 Å². The van der Waals surface area contributed by atoms with Crippen molar-refractivity contribution < 1.29 is 9.47 Å². The predicted molar refractivity (Wildman–Crippen MR) is 275 cm³/mol. The molecule has 0 radical (unpaired) electrons. The molecule has 0 saturated carbocycles. The highest BCUT2D eigenvalue weighted by Gasteiger charge is 2.35. The second kappa shape index (κ2) is 15.6. The summed E-state index contributed by atoms with van der Waals surface area (Å²) in [6.45, 7) is 0. The maximum absolute atomic E-state index is 6.32. The van der Waals surface area contributed by atoms with Gasteiger partial charge in [0.15, 0.2) is 23.0 Å². The van der Waals surface area contributed by atoms with Gasteiger partial charge in [0, 0.05) is 11.4 Å². The van der Waals surface area contributed by atoms with Crippen LogP contribution >= 0.6 is 11.8 Å². The molecule has 3 aliphatic rings. The molecular formula is C60H40N2O2SSi-. The van der Waals surface area contributed by atoms with Crippen molar-refractivity contribution in [3.8, 4) is 45.3 Å². The van der Waals surface area contributed by atoms with Crippen LogP contribution in [0.4, 0.5) is 34.1 Å². The van der Waals surface area contributed by atoms with Gasteiger partial charge in [-0.05, 0) is 125 Å². The van der Waals surface area contributed by atoms with Crippen molar-refractivity contribution >= 4 is 74.7 Å². The highest BCUT2D eigenvalue weighted by molar-refractivity contribution is 8.00. The average molecular weight is 881 g/mol. The van der Waals surface area contributed by atoms with Gasteiger partial charge in [0.25, 0.3) is 0 Å². The van der Waals surface area contributed by atoms with Crippen LogP contribution in [0, 0.1) is 0 Å². The number of anilines is 6. The highest BCUT2D eigenvalue weighted by Crippen LogP contribution is 2.52. The van der Waals surface area contributed by atoms with Gasteiger partial charge >= 0.3 is 0 Å². The monoisotopic (exact) mass is 880 g/mol. The fraction of sp³-hybridized carbons (Fsp3) is 0. The minimum atomic E-state index is -2.78. The lowest BCUT2D eigenvalue weighted by Gasteiger charge is -2.51. The van der Waals surface area contributed by atoms with Crippen LogP contribution in [0.25, 0.3) is 22.3 Å². The zero-order chi connectivity index (χ0) is 43.6. The second-order valence-electron chi connectivity index (χ2n) is 16.8. The van der Waals surface area contributed by atoms with Crippen LogP contribution in [0.2, 0.25) is 0 Å². The molecule has 0 bridgehead atoms. The van der Waals surface area contributed by atoms with Gasteiger partial charge in [0.2, 0.25) is 0 Å². The van der Waals surface area contributed by atoms with E-state index in [0.717, 1.165) is 57.1 Å². The first-order valence-corrected chi connectivity index (χ1v) is 25.1. The van der Waals surface area contributed by atoms with Crippen molar-refractivity contribution in [1.82, 2.24) is 0 Å². The summed E-state index contributed by atoms with van der Waals surface area (Å²) in [6, 6.07) is 87.9. The number of nitrogens with zero attached hydrogens (tertiary/aromatic N) is 2. The van der Waals surface area contributed by atoms with E-state index in [-0.39, 0.29) is 0 Å². The number of rotatable bonds is 6. The molecular weight excluding hydrogens is 841 g/mol. The molecule has 0 atom stereocenters.